The summed E-state index contributed by atoms with van der Waals surface area (Å²) < 4.78 is 5.49. The van der Waals surface area contributed by atoms with E-state index in [1.165, 1.54) is 0 Å². The molecule has 0 saturated carbocycles. The Labute approximate surface area is 109 Å². The van der Waals surface area contributed by atoms with Crippen molar-refractivity contribution in [3.63, 3.8) is 0 Å². The summed E-state index contributed by atoms with van der Waals surface area (Å²) in [6.07, 6.45) is 0.356. The maximum absolute atomic E-state index is 11.9. The Morgan fingerprint density at radius 2 is 1.94 bits per heavy atom. The van der Waals surface area contributed by atoms with Crippen LogP contribution < -0.4 is 10.5 Å². The Hall–Kier alpha value is -1.55. The van der Waals surface area contributed by atoms with Crippen LogP contribution in [0.3, 0.4) is 0 Å². The minimum atomic E-state index is -0.316. The van der Waals surface area contributed by atoms with E-state index in [0.29, 0.717) is 19.6 Å². The second-order valence-electron chi connectivity index (χ2n) is 4.88. The van der Waals surface area contributed by atoms with Crippen molar-refractivity contribution < 1.29 is 9.53 Å². The predicted molar refractivity (Wildman–Crippen MR) is 72.5 cm³/mol. The fourth-order valence-electron chi connectivity index (χ4n) is 1.42. The maximum Gasteiger partial charge on any atom is 0.226 e. The number of amides is 1. The molecule has 0 fully saturated rings. The highest BCUT2D eigenvalue weighted by Crippen LogP contribution is 2.12. The molecule has 4 nitrogen and oxygen atoms in total. The molecule has 0 aromatic heterocycles. The molecule has 0 heterocycles. The standard InChI is InChI=1S/C14H22N2O2/c1-14(2,11-15)16(3)13(17)9-10-18-12-7-5-4-6-8-12/h4-8H,9-11,15H2,1-3H3. The largest absolute Gasteiger partial charge is 0.493 e. The topological polar surface area (TPSA) is 55.6 Å². The minimum Gasteiger partial charge on any atom is -0.493 e. The second kappa shape index (κ2) is 6.40. The van der Waals surface area contributed by atoms with E-state index in [4.69, 9.17) is 10.5 Å². The molecule has 0 bridgehead atoms. The zero-order valence-electron chi connectivity index (χ0n) is 11.3. The van der Waals surface area contributed by atoms with Gasteiger partial charge in [-0.1, -0.05) is 18.2 Å². The van der Waals surface area contributed by atoms with Crippen LogP contribution in [0, 0.1) is 0 Å². The summed E-state index contributed by atoms with van der Waals surface area (Å²) >= 11 is 0. The number of para-hydroxylation sites is 1. The van der Waals surface area contributed by atoms with Gasteiger partial charge in [0.1, 0.15) is 5.75 Å². The third kappa shape index (κ3) is 4.04. The van der Waals surface area contributed by atoms with Crippen LogP contribution in [0.2, 0.25) is 0 Å². The van der Waals surface area contributed by atoms with E-state index < -0.39 is 0 Å². The van der Waals surface area contributed by atoms with Crippen LogP contribution in [0.15, 0.2) is 30.3 Å². The molecule has 0 saturated heterocycles. The number of nitrogens with zero attached hydrogens (tertiary/aromatic N) is 1. The van der Waals surface area contributed by atoms with Crippen molar-refractivity contribution in [3.05, 3.63) is 30.3 Å². The van der Waals surface area contributed by atoms with Gasteiger partial charge in [0.05, 0.1) is 13.0 Å². The van der Waals surface area contributed by atoms with Crippen LogP contribution >= 0.6 is 0 Å². The van der Waals surface area contributed by atoms with E-state index in [1.807, 2.05) is 44.2 Å². The van der Waals surface area contributed by atoms with Gasteiger partial charge in [-0.25, -0.2) is 0 Å². The summed E-state index contributed by atoms with van der Waals surface area (Å²) in [5.41, 5.74) is 5.32. The lowest BCUT2D eigenvalue weighted by molar-refractivity contribution is -0.134. The lowest BCUT2D eigenvalue weighted by Gasteiger charge is -2.34. The highest BCUT2D eigenvalue weighted by molar-refractivity contribution is 5.76. The van der Waals surface area contributed by atoms with Crippen LogP contribution in [0.25, 0.3) is 0 Å². The van der Waals surface area contributed by atoms with E-state index in [2.05, 4.69) is 0 Å². The number of benzene rings is 1. The Kier molecular flexibility index (Phi) is 5.16. The number of carbonyl (C=O) groups is 1. The highest BCUT2D eigenvalue weighted by atomic mass is 16.5. The van der Waals surface area contributed by atoms with E-state index in [0.717, 1.165) is 5.75 Å². The average molecular weight is 250 g/mol. The monoisotopic (exact) mass is 250 g/mol. The predicted octanol–water partition coefficient (Wildman–Crippen LogP) is 1.65. The first kappa shape index (κ1) is 14.5. The Balaban J connectivity index is 2.38. The summed E-state index contributed by atoms with van der Waals surface area (Å²) in [5.74, 6) is 0.826. The summed E-state index contributed by atoms with van der Waals surface area (Å²) in [5, 5.41) is 0. The first-order valence-corrected chi connectivity index (χ1v) is 6.12. The highest BCUT2D eigenvalue weighted by Gasteiger charge is 2.25. The number of hydrogen-bond acceptors (Lipinski definition) is 3. The van der Waals surface area contributed by atoms with Crippen LogP contribution in [-0.4, -0.2) is 36.5 Å². The van der Waals surface area contributed by atoms with Gasteiger partial charge in [0.25, 0.3) is 0 Å². The molecule has 18 heavy (non-hydrogen) atoms. The number of nitrogens with two attached hydrogens (primary N) is 1. The van der Waals surface area contributed by atoms with Crippen LogP contribution in [-0.2, 0) is 4.79 Å². The van der Waals surface area contributed by atoms with Gasteiger partial charge in [-0.15, -0.1) is 0 Å². The number of rotatable bonds is 6. The fourth-order valence-corrected chi connectivity index (χ4v) is 1.42. The SMILES string of the molecule is CN(C(=O)CCOc1ccccc1)C(C)(C)CN. The van der Waals surface area contributed by atoms with E-state index >= 15 is 0 Å². The molecular weight excluding hydrogens is 228 g/mol. The zero-order chi connectivity index (χ0) is 13.6. The van der Waals surface area contributed by atoms with Crippen LogP contribution in [0.5, 0.6) is 5.75 Å². The average Bonchev–Trinajstić information content (AvgIpc) is 2.39. The Morgan fingerprint density at radius 1 is 1.33 bits per heavy atom. The van der Waals surface area contributed by atoms with Crippen LogP contribution in [0.1, 0.15) is 20.3 Å². The number of hydrogen-bond donors (Lipinski definition) is 1. The molecule has 100 valence electrons. The molecule has 1 amide bonds. The Morgan fingerprint density at radius 3 is 2.50 bits per heavy atom. The van der Waals surface area contributed by atoms with Gasteiger partial charge in [-0.3, -0.25) is 4.79 Å². The van der Waals surface area contributed by atoms with Gasteiger partial charge >= 0.3 is 0 Å². The minimum absolute atomic E-state index is 0.0429. The smallest absolute Gasteiger partial charge is 0.226 e. The molecule has 0 aliphatic heterocycles. The molecule has 0 atom stereocenters. The first-order valence-electron chi connectivity index (χ1n) is 6.12. The van der Waals surface area contributed by atoms with Gasteiger partial charge in [-0.05, 0) is 26.0 Å². The molecule has 4 heteroatoms. The third-order valence-electron chi connectivity index (χ3n) is 3.11. The molecule has 1 rings (SSSR count). The van der Waals surface area contributed by atoms with Gasteiger partial charge in [0, 0.05) is 19.1 Å². The lowest BCUT2D eigenvalue weighted by Crippen LogP contribution is -2.50. The fraction of sp³-hybridized carbons (Fsp3) is 0.500. The molecular formula is C14H22N2O2. The van der Waals surface area contributed by atoms with Gasteiger partial charge in [0.2, 0.25) is 5.91 Å². The number of carbonyl (C=O) groups excluding carboxylic acids is 1. The van der Waals surface area contributed by atoms with Crippen molar-refractivity contribution in [1.29, 1.82) is 0 Å². The van der Waals surface area contributed by atoms with Gasteiger partial charge in [0.15, 0.2) is 0 Å². The number of likely N-dealkylation sites (N-methyl/N-ethyl adjacent to an activating group) is 1. The van der Waals surface area contributed by atoms with E-state index in [-0.39, 0.29) is 11.4 Å². The van der Waals surface area contributed by atoms with Crippen molar-refractivity contribution in [2.75, 3.05) is 20.2 Å². The molecule has 1 aromatic carbocycles. The van der Waals surface area contributed by atoms with Crippen molar-refractivity contribution in [3.8, 4) is 5.75 Å². The maximum atomic E-state index is 11.9. The molecule has 0 radical (unpaired) electrons. The van der Waals surface area contributed by atoms with Crippen molar-refractivity contribution >= 4 is 5.91 Å². The van der Waals surface area contributed by atoms with Gasteiger partial charge < -0.3 is 15.4 Å². The van der Waals surface area contributed by atoms with Crippen molar-refractivity contribution in [2.24, 2.45) is 5.73 Å². The summed E-state index contributed by atoms with van der Waals surface area (Å²) in [4.78, 5) is 13.6. The Bertz CT molecular complexity index is 377. The summed E-state index contributed by atoms with van der Waals surface area (Å²) in [6, 6.07) is 9.48. The molecule has 0 aliphatic carbocycles. The van der Waals surface area contributed by atoms with Crippen LogP contribution in [0.4, 0.5) is 0 Å². The first-order chi connectivity index (χ1) is 8.47. The quantitative estimate of drug-likeness (QED) is 0.835. The van der Waals surface area contributed by atoms with E-state index in [1.54, 1.807) is 11.9 Å². The van der Waals surface area contributed by atoms with Gasteiger partial charge in [-0.2, -0.15) is 0 Å². The number of ether oxygens (including phenoxy) is 1. The molecule has 0 spiro atoms. The third-order valence-corrected chi connectivity index (χ3v) is 3.11. The van der Waals surface area contributed by atoms with Crippen molar-refractivity contribution in [2.45, 2.75) is 25.8 Å². The summed E-state index contributed by atoms with van der Waals surface area (Å²) in [7, 11) is 1.78. The molecule has 1 aromatic rings. The molecule has 2 N–H and O–H groups in total. The molecule has 0 unspecified atom stereocenters. The summed E-state index contributed by atoms with van der Waals surface area (Å²) in [6.45, 7) is 4.72. The van der Waals surface area contributed by atoms with E-state index in [9.17, 15) is 4.79 Å². The second-order valence-corrected chi connectivity index (χ2v) is 4.88. The normalized spacial score (nSPS) is 11.1. The van der Waals surface area contributed by atoms with Crippen molar-refractivity contribution in [1.82, 2.24) is 4.90 Å². The lowest BCUT2D eigenvalue weighted by atomic mass is 10.0. The zero-order valence-corrected chi connectivity index (χ0v) is 11.3. The molecule has 0 aliphatic rings.